The lowest BCUT2D eigenvalue weighted by atomic mass is 10.2. The van der Waals surface area contributed by atoms with Crippen LogP contribution in [-0.2, 0) is 0 Å². The Labute approximate surface area is 109 Å². The molecule has 0 saturated carbocycles. The average Bonchev–Trinajstić information content (AvgIpc) is 2.34. The van der Waals surface area contributed by atoms with Crippen LogP contribution in [0.25, 0.3) is 0 Å². The van der Waals surface area contributed by atoms with Gasteiger partial charge in [-0.25, -0.2) is 0 Å². The third kappa shape index (κ3) is 3.98. The van der Waals surface area contributed by atoms with Gasteiger partial charge in [-0.3, -0.25) is 4.79 Å². The molecule has 6 heteroatoms. The summed E-state index contributed by atoms with van der Waals surface area (Å²) < 4.78 is 10.6. The highest BCUT2D eigenvalue weighted by Crippen LogP contribution is 2.33. The van der Waals surface area contributed by atoms with Crippen LogP contribution in [-0.4, -0.2) is 36.4 Å². The fourth-order valence-corrected chi connectivity index (χ4v) is 1.34. The summed E-state index contributed by atoms with van der Waals surface area (Å²) in [6.07, 6.45) is 0.536. The fourth-order valence-electron chi connectivity index (χ4n) is 1.18. The minimum Gasteiger partial charge on any atom is -0.507 e. The van der Waals surface area contributed by atoms with Crippen molar-refractivity contribution >= 4 is 29.5 Å². The number of ether oxygens (including phenoxy) is 2. The van der Waals surface area contributed by atoms with Crippen LogP contribution in [0.3, 0.4) is 0 Å². The van der Waals surface area contributed by atoms with Crippen molar-refractivity contribution in [3.63, 3.8) is 0 Å². The molecule has 0 spiro atoms. The van der Waals surface area contributed by atoms with Crippen LogP contribution in [0, 0.1) is 0 Å². The number of aromatic hydroxyl groups is 1. The maximum atomic E-state index is 10.7. The van der Waals surface area contributed by atoms with E-state index in [2.05, 4.69) is 0 Å². The SMILES string of the molecule is O=Cc1cc(OCCCl)c(OCCCl)cc1O. The predicted molar refractivity (Wildman–Crippen MR) is 65.9 cm³/mol. The van der Waals surface area contributed by atoms with E-state index in [1.54, 1.807) is 0 Å². The Morgan fingerprint density at radius 3 is 2.12 bits per heavy atom. The van der Waals surface area contributed by atoms with Crippen molar-refractivity contribution in [3.05, 3.63) is 17.7 Å². The normalized spacial score (nSPS) is 10.0. The van der Waals surface area contributed by atoms with Gasteiger partial charge >= 0.3 is 0 Å². The number of carbonyl (C=O) groups excluding carboxylic acids is 1. The maximum absolute atomic E-state index is 10.7. The van der Waals surface area contributed by atoms with Crippen LogP contribution >= 0.6 is 23.2 Å². The van der Waals surface area contributed by atoms with Gasteiger partial charge in [-0.15, -0.1) is 23.2 Å². The first-order valence-electron chi connectivity index (χ1n) is 4.92. The second-order valence-corrected chi connectivity index (χ2v) is 3.81. The molecule has 0 aliphatic carbocycles. The molecule has 0 aliphatic rings. The van der Waals surface area contributed by atoms with Gasteiger partial charge in [0.25, 0.3) is 0 Å². The number of rotatable bonds is 7. The minimum absolute atomic E-state index is 0.132. The highest BCUT2D eigenvalue weighted by atomic mass is 35.5. The Morgan fingerprint density at radius 1 is 1.12 bits per heavy atom. The molecule has 0 atom stereocenters. The third-order valence-corrected chi connectivity index (χ3v) is 2.20. The van der Waals surface area contributed by atoms with Gasteiger partial charge in [0.15, 0.2) is 17.8 Å². The van der Waals surface area contributed by atoms with Crippen molar-refractivity contribution in [1.82, 2.24) is 0 Å². The van der Waals surface area contributed by atoms with Crippen LogP contribution in [0.2, 0.25) is 0 Å². The summed E-state index contributed by atoms with van der Waals surface area (Å²) in [5.74, 6) is 1.15. The van der Waals surface area contributed by atoms with Crippen molar-refractivity contribution in [3.8, 4) is 17.2 Å². The zero-order valence-electron chi connectivity index (χ0n) is 8.99. The van der Waals surface area contributed by atoms with E-state index in [9.17, 15) is 9.90 Å². The van der Waals surface area contributed by atoms with E-state index in [0.29, 0.717) is 29.5 Å². The van der Waals surface area contributed by atoms with E-state index in [0.717, 1.165) is 0 Å². The summed E-state index contributed by atoms with van der Waals surface area (Å²) in [4.78, 5) is 10.7. The number of hydrogen-bond donors (Lipinski definition) is 1. The molecule has 0 heterocycles. The van der Waals surface area contributed by atoms with Crippen molar-refractivity contribution in [2.24, 2.45) is 0 Å². The maximum Gasteiger partial charge on any atom is 0.164 e. The Hall–Kier alpha value is -1.13. The van der Waals surface area contributed by atoms with Gasteiger partial charge in [0.2, 0.25) is 0 Å². The highest BCUT2D eigenvalue weighted by Gasteiger charge is 2.11. The number of alkyl halides is 2. The molecule has 1 rings (SSSR count). The number of aldehydes is 1. The number of halogens is 2. The first-order chi connectivity index (χ1) is 8.22. The number of hydrogen-bond acceptors (Lipinski definition) is 4. The van der Waals surface area contributed by atoms with Crippen molar-refractivity contribution in [2.45, 2.75) is 0 Å². The van der Waals surface area contributed by atoms with Crippen LogP contribution < -0.4 is 9.47 Å². The standard InChI is InChI=1S/C11H12Cl2O4/c12-1-3-16-10-5-8(7-14)9(15)6-11(10)17-4-2-13/h5-7,15H,1-4H2. The molecule has 0 aromatic heterocycles. The lowest BCUT2D eigenvalue weighted by Gasteiger charge is -2.12. The summed E-state index contributed by atoms with van der Waals surface area (Å²) in [6, 6.07) is 2.72. The summed E-state index contributed by atoms with van der Waals surface area (Å²) in [5.41, 5.74) is 0.132. The van der Waals surface area contributed by atoms with E-state index >= 15 is 0 Å². The van der Waals surface area contributed by atoms with Crippen LogP contribution in [0.4, 0.5) is 0 Å². The molecule has 0 saturated heterocycles. The zero-order chi connectivity index (χ0) is 12.7. The molecule has 1 aromatic carbocycles. The fraction of sp³-hybridized carbons (Fsp3) is 0.364. The van der Waals surface area contributed by atoms with Crippen LogP contribution in [0.15, 0.2) is 12.1 Å². The largest absolute Gasteiger partial charge is 0.507 e. The second-order valence-electron chi connectivity index (χ2n) is 3.05. The van der Waals surface area contributed by atoms with Gasteiger partial charge in [0.05, 0.1) is 17.3 Å². The lowest BCUT2D eigenvalue weighted by molar-refractivity contribution is 0.112. The van der Waals surface area contributed by atoms with E-state index in [1.807, 2.05) is 0 Å². The minimum atomic E-state index is -0.164. The molecule has 0 unspecified atom stereocenters. The van der Waals surface area contributed by atoms with E-state index in [-0.39, 0.29) is 24.5 Å². The molecule has 0 amide bonds. The van der Waals surface area contributed by atoms with Crippen molar-refractivity contribution in [2.75, 3.05) is 25.0 Å². The Kier molecular flexibility index (Phi) is 5.94. The van der Waals surface area contributed by atoms with E-state index < -0.39 is 0 Å². The average molecular weight is 279 g/mol. The summed E-state index contributed by atoms with van der Waals surface area (Å²) >= 11 is 11.0. The van der Waals surface area contributed by atoms with E-state index in [4.69, 9.17) is 32.7 Å². The van der Waals surface area contributed by atoms with Gasteiger partial charge in [0.1, 0.15) is 19.0 Å². The zero-order valence-corrected chi connectivity index (χ0v) is 10.5. The molecule has 1 N–H and O–H groups in total. The molecule has 4 nitrogen and oxygen atoms in total. The van der Waals surface area contributed by atoms with Gasteiger partial charge in [-0.05, 0) is 6.07 Å². The molecular weight excluding hydrogens is 267 g/mol. The van der Waals surface area contributed by atoms with Crippen LogP contribution in [0.5, 0.6) is 17.2 Å². The number of phenols is 1. The van der Waals surface area contributed by atoms with Crippen LogP contribution in [0.1, 0.15) is 10.4 Å². The molecule has 94 valence electrons. The molecular formula is C11H12Cl2O4. The first kappa shape index (κ1) is 13.9. The van der Waals surface area contributed by atoms with Gasteiger partial charge in [-0.2, -0.15) is 0 Å². The van der Waals surface area contributed by atoms with Crippen molar-refractivity contribution < 1.29 is 19.4 Å². The number of carbonyl (C=O) groups is 1. The van der Waals surface area contributed by atoms with Gasteiger partial charge in [0, 0.05) is 6.07 Å². The highest BCUT2D eigenvalue weighted by molar-refractivity contribution is 6.18. The third-order valence-electron chi connectivity index (χ3n) is 1.89. The molecule has 0 aliphatic heterocycles. The molecule has 1 aromatic rings. The van der Waals surface area contributed by atoms with E-state index in [1.165, 1.54) is 12.1 Å². The summed E-state index contributed by atoms with van der Waals surface area (Å²) in [6.45, 7) is 0.556. The first-order valence-corrected chi connectivity index (χ1v) is 5.99. The summed E-state index contributed by atoms with van der Waals surface area (Å²) in [7, 11) is 0. The quantitative estimate of drug-likeness (QED) is 0.615. The summed E-state index contributed by atoms with van der Waals surface area (Å²) in [5, 5.41) is 9.51. The van der Waals surface area contributed by atoms with Gasteiger partial charge < -0.3 is 14.6 Å². The Bertz CT molecular complexity index is 382. The molecule has 0 bridgehead atoms. The van der Waals surface area contributed by atoms with Gasteiger partial charge in [-0.1, -0.05) is 0 Å². The Morgan fingerprint density at radius 2 is 1.65 bits per heavy atom. The van der Waals surface area contributed by atoms with Crippen molar-refractivity contribution in [1.29, 1.82) is 0 Å². The Balaban J connectivity index is 2.97. The predicted octanol–water partition coefficient (Wildman–Crippen LogP) is 2.44. The molecule has 0 radical (unpaired) electrons. The number of phenolic OH excluding ortho intramolecular Hbond substituents is 1. The molecule has 0 fully saturated rings. The number of benzene rings is 1. The smallest absolute Gasteiger partial charge is 0.164 e. The second kappa shape index (κ2) is 7.25. The topological polar surface area (TPSA) is 55.8 Å². The molecule has 17 heavy (non-hydrogen) atoms. The monoisotopic (exact) mass is 278 g/mol. The lowest BCUT2D eigenvalue weighted by Crippen LogP contribution is -2.04.